The van der Waals surface area contributed by atoms with Crippen molar-refractivity contribution in [2.75, 3.05) is 7.05 Å². The van der Waals surface area contributed by atoms with E-state index in [0.717, 1.165) is 12.0 Å². The zero-order chi connectivity index (χ0) is 11.4. The fraction of sp³-hybridized carbons (Fsp3) is 0.571. The van der Waals surface area contributed by atoms with E-state index in [1.165, 1.54) is 36.8 Å². The molecular weight excluding hydrogens is 218 g/mol. The van der Waals surface area contributed by atoms with Crippen molar-refractivity contribution in [3.8, 4) is 0 Å². The molecule has 0 atom stereocenters. The Morgan fingerprint density at radius 1 is 1.12 bits per heavy atom. The molecule has 0 amide bonds. The normalized spacial score (nSPS) is 25.6. The molecule has 0 unspecified atom stereocenters. The molecule has 1 aliphatic carbocycles. The summed E-state index contributed by atoms with van der Waals surface area (Å²) in [6.07, 6.45) is 5.23. The van der Waals surface area contributed by atoms with Crippen molar-refractivity contribution in [3.63, 3.8) is 0 Å². The first-order chi connectivity index (χ1) is 7.83. The van der Waals surface area contributed by atoms with Gasteiger partial charge in [-0.3, -0.25) is 0 Å². The lowest BCUT2D eigenvalue weighted by molar-refractivity contribution is 0.359. The van der Waals surface area contributed by atoms with Gasteiger partial charge in [0.05, 0.1) is 0 Å². The molecule has 1 nitrogen and oxygen atoms in total. The van der Waals surface area contributed by atoms with Crippen LogP contribution in [0.3, 0.4) is 0 Å². The van der Waals surface area contributed by atoms with E-state index in [4.69, 9.17) is 11.6 Å². The highest BCUT2D eigenvalue weighted by atomic mass is 35.5. The number of rotatable bonds is 3. The maximum Gasteiger partial charge on any atom is 0.0474 e. The Bertz CT molecular complexity index is 312. The number of hydrogen-bond acceptors (Lipinski definition) is 1. The van der Waals surface area contributed by atoms with Gasteiger partial charge in [0, 0.05) is 11.9 Å². The van der Waals surface area contributed by atoms with Crippen LogP contribution < -0.4 is 5.32 Å². The first-order valence-electron chi connectivity index (χ1n) is 6.15. The third-order valence-electron chi connectivity index (χ3n) is 3.74. The van der Waals surface area contributed by atoms with Crippen LogP contribution in [0.15, 0.2) is 24.3 Å². The summed E-state index contributed by atoms with van der Waals surface area (Å²) in [5.41, 5.74) is 2.71. The molecule has 0 heterocycles. The standard InChI is InChI=1S/C14H20ClN/c1-16-14-8-6-13(7-9-14)12-4-2-11(10-15)3-5-12/h2-5,13-14,16H,6-10H2,1H3. The van der Waals surface area contributed by atoms with Crippen LogP contribution in [-0.2, 0) is 5.88 Å². The zero-order valence-electron chi connectivity index (χ0n) is 9.88. The van der Waals surface area contributed by atoms with E-state index in [0.29, 0.717) is 5.88 Å². The van der Waals surface area contributed by atoms with Gasteiger partial charge in [-0.25, -0.2) is 0 Å². The second-order valence-corrected chi connectivity index (χ2v) is 4.98. The van der Waals surface area contributed by atoms with Crippen molar-refractivity contribution in [1.29, 1.82) is 0 Å². The van der Waals surface area contributed by atoms with Gasteiger partial charge in [0.2, 0.25) is 0 Å². The fourth-order valence-electron chi connectivity index (χ4n) is 2.59. The van der Waals surface area contributed by atoms with Crippen LogP contribution in [-0.4, -0.2) is 13.1 Å². The Kier molecular flexibility index (Phi) is 4.25. The molecule has 0 aliphatic heterocycles. The van der Waals surface area contributed by atoms with Crippen LogP contribution in [0, 0.1) is 0 Å². The van der Waals surface area contributed by atoms with Gasteiger partial charge in [-0.15, -0.1) is 11.6 Å². The Hall–Kier alpha value is -0.530. The third-order valence-corrected chi connectivity index (χ3v) is 4.05. The maximum absolute atomic E-state index is 5.79. The topological polar surface area (TPSA) is 12.0 Å². The van der Waals surface area contributed by atoms with Crippen LogP contribution >= 0.6 is 11.6 Å². The minimum Gasteiger partial charge on any atom is -0.317 e. The Morgan fingerprint density at radius 3 is 2.25 bits per heavy atom. The van der Waals surface area contributed by atoms with Crippen LogP contribution in [0.5, 0.6) is 0 Å². The Balaban J connectivity index is 1.97. The van der Waals surface area contributed by atoms with Crippen molar-refractivity contribution in [2.45, 2.75) is 43.5 Å². The van der Waals surface area contributed by atoms with Gasteiger partial charge in [0.25, 0.3) is 0 Å². The number of hydrogen-bond donors (Lipinski definition) is 1. The molecule has 1 saturated carbocycles. The summed E-state index contributed by atoms with van der Waals surface area (Å²) in [6.45, 7) is 0. The van der Waals surface area contributed by atoms with Crippen LogP contribution in [0.1, 0.15) is 42.7 Å². The average molecular weight is 238 g/mol. The van der Waals surface area contributed by atoms with E-state index in [2.05, 4.69) is 36.6 Å². The maximum atomic E-state index is 5.79. The van der Waals surface area contributed by atoms with Crippen molar-refractivity contribution in [2.24, 2.45) is 0 Å². The predicted molar refractivity (Wildman–Crippen MR) is 70.1 cm³/mol. The highest BCUT2D eigenvalue weighted by Gasteiger charge is 2.20. The molecule has 2 rings (SSSR count). The molecule has 0 spiro atoms. The van der Waals surface area contributed by atoms with Gasteiger partial charge in [-0.2, -0.15) is 0 Å². The van der Waals surface area contributed by atoms with E-state index >= 15 is 0 Å². The molecule has 1 aromatic rings. The van der Waals surface area contributed by atoms with Gasteiger partial charge in [-0.1, -0.05) is 24.3 Å². The lowest BCUT2D eigenvalue weighted by Gasteiger charge is -2.28. The lowest BCUT2D eigenvalue weighted by Crippen LogP contribution is -2.29. The highest BCUT2D eigenvalue weighted by molar-refractivity contribution is 6.17. The number of nitrogens with one attached hydrogen (secondary N) is 1. The predicted octanol–water partition coefficient (Wildman–Crippen LogP) is 3.67. The summed E-state index contributed by atoms with van der Waals surface area (Å²) in [4.78, 5) is 0. The van der Waals surface area contributed by atoms with E-state index in [1.54, 1.807) is 0 Å². The van der Waals surface area contributed by atoms with Gasteiger partial charge in [-0.05, 0) is 49.8 Å². The molecule has 2 heteroatoms. The molecule has 1 aliphatic rings. The summed E-state index contributed by atoms with van der Waals surface area (Å²) in [6, 6.07) is 9.56. The van der Waals surface area contributed by atoms with Crippen molar-refractivity contribution < 1.29 is 0 Å². The van der Waals surface area contributed by atoms with Crippen LogP contribution in [0.2, 0.25) is 0 Å². The van der Waals surface area contributed by atoms with Crippen molar-refractivity contribution >= 4 is 11.6 Å². The molecule has 0 radical (unpaired) electrons. The second kappa shape index (κ2) is 5.70. The smallest absolute Gasteiger partial charge is 0.0474 e. The van der Waals surface area contributed by atoms with Gasteiger partial charge in [0.15, 0.2) is 0 Å². The molecule has 0 bridgehead atoms. The van der Waals surface area contributed by atoms with E-state index < -0.39 is 0 Å². The zero-order valence-corrected chi connectivity index (χ0v) is 10.6. The quantitative estimate of drug-likeness (QED) is 0.791. The molecule has 1 fully saturated rings. The molecule has 0 aromatic heterocycles. The molecule has 1 N–H and O–H groups in total. The molecule has 16 heavy (non-hydrogen) atoms. The Morgan fingerprint density at radius 2 is 1.75 bits per heavy atom. The molecule has 88 valence electrons. The van der Waals surface area contributed by atoms with Crippen LogP contribution in [0.25, 0.3) is 0 Å². The first kappa shape index (κ1) is 11.9. The average Bonchev–Trinajstić information content (AvgIpc) is 2.39. The highest BCUT2D eigenvalue weighted by Crippen LogP contribution is 2.32. The number of halogens is 1. The van der Waals surface area contributed by atoms with Gasteiger partial charge < -0.3 is 5.32 Å². The summed E-state index contributed by atoms with van der Waals surface area (Å²) < 4.78 is 0. The minimum absolute atomic E-state index is 0.618. The largest absolute Gasteiger partial charge is 0.317 e. The fourth-order valence-corrected chi connectivity index (χ4v) is 2.77. The summed E-state index contributed by atoms with van der Waals surface area (Å²) in [5.74, 6) is 1.38. The summed E-state index contributed by atoms with van der Waals surface area (Å²) in [7, 11) is 2.07. The van der Waals surface area contributed by atoms with Crippen molar-refractivity contribution in [3.05, 3.63) is 35.4 Å². The number of alkyl halides is 1. The van der Waals surface area contributed by atoms with Gasteiger partial charge in [0.1, 0.15) is 0 Å². The van der Waals surface area contributed by atoms with E-state index in [9.17, 15) is 0 Å². The molecular formula is C14H20ClN. The third kappa shape index (κ3) is 2.78. The molecule has 0 saturated heterocycles. The summed E-state index contributed by atoms with van der Waals surface area (Å²) >= 11 is 5.79. The van der Waals surface area contributed by atoms with E-state index in [1.807, 2.05) is 0 Å². The second-order valence-electron chi connectivity index (χ2n) is 4.71. The number of benzene rings is 1. The van der Waals surface area contributed by atoms with Crippen molar-refractivity contribution in [1.82, 2.24) is 5.32 Å². The minimum atomic E-state index is 0.618. The first-order valence-corrected chi connectivity index (χ1v) is 6.69. The monoisotopic (exact) mass is 237 g/mol. The van der Waals surface area contributed by atoms with E-state index in [-0.39, 0.29) is 0 Å². The lowest BCUT2D eigenvalue weighted by atomic mass is 9.81. The van der Waals surface area contributed by atoms with Crippen LogP contribution in [0.4, 0.5) is 0 Å². The Labute approximate surface area is 103 Å². The molecule has 1 aromatic carbocycles. The van der Waals surface area contributed by atoms with Gasteiger partial charge >= 0.3 is 0 Å². The summed E-state index contributed by atoms with van der Waals surface area (Å²) in [5, 5.41) is 3.38. The SMILES string of the molecule is CNC1CCC(c2ccc(CCl)cc2)CC1.